The summed E-state index contributed by atoms with van der Waals surface area (Å²) in [6.45, 7) is 2.03. The van der Waals surface area contributed by atoms with E-state index in [0.717, 1.165) is 100.0 Å². The predicted molar refractivity (Wildman–Crippen MR) is 225 cm³/mol. The van der Waals surface area contributed by atoms with E-state index in [1.807, 2.05) is 43.5 Å². The molecule has 10 aromatic rings. The lowest BCUT2D eigenvalue weighted by molar-refractivity contribution is 1.18. The Labute approximate surface area is 318 Å². The Morgan fingerprint density at radius 2 is 0.945 bits per heavy atom. The molecule has 0 fully saturated rings. The van der Waals surface area contributed by atoms with Crippen molar-refractivity contribution in [3.05, 3.63) is 188 Å². The molecule has 5 nitrogen and oxygen atoms in total. The summed E-state index contributed by atoms with van der Waals surface area (Å²) in [5.41, 5.74) is 14.6. The summed E-state index contributed by atoms with van der Waals surface area (Å²) in [4.78, 5) is 25.4. The average Bonchev–Trinajstić information content (AvgIpc) is 3.26. The maximum atomic E-state index is 5.32. The van der Waals surface area contributed by atoms with Crippen LogP contribution in [0.15, 0.2) is 182 Å². The first-order valence-corrected chi connectivity index (χ1v) is 18.4. The van der Waals surface area contributed by atoms with E-state index in [1.54, 1.807) is 0 Å². The summed E-state index contributed by atoms with van der Waals surface area (Å²) in [6, 6.07) is 60.9. The monoisotopic (exact) mass is 703 g/mol. The molecular formula is C50H33N5. The first-order chi connectivity index (χ1) is 27.1. The lowest BCUT2D eigenvalue weighted by Crippen LogP contribution is -1.97. The fourth-order valence-corrected chi connectivity index (χ4v) is 7.46. The first-order valence-electron chi connectivity index (χ1n) is 18.4. The fraction of sp³-hybridized carbons (Fsp3) is 0.0200. The smallest absolute Gasteiger partial charge is 0.160 e. The van der Waals surface area contributed by atoms with Crippen LogP contribution in [0.3, 0.4) is 0 Å². The van der Waals surface area contributed by atoms with Gasteiger partial charge in [0.1, 0.15) is 0 Å². The number of aromatic nitrogens is 5. The molecule has 0 aliphatic heterocycles. The number of pyridine rings is 3. The number of rotatable bonds is 6. The molecule has 0 radical (unpaired) electrons. The van der Waals surface area contributed by atoms with Crippen molar-refractivity contribution in [2.24, 2.45) is 0 Å². The zero-order chi connectivity index (χ0) is 36.7. The van der Waals surface area contributed by atoms with Crippen molar-refractivity contribution in [1.29, 1.82) is 0 Å². The Balaban J connectivity index is 1.14. The quantitative estimate of drug-likeness (QED) is 0.161. The molecule has 0 spiro atoms. The maximum Gasteiger partial charge on any atom is 0.160 e. The molecule has 4 heterocycles. The molecule has 55 heavy (non-hydrogen) atoms. The van der Waals surface area contributed by atoms with E-state index < -0.39 is 0 Å². The van der Waals surface area contributed by atoms with Crippen molar-refractivity contribution in [3.8, 4) is 67.4 Å². The number of aryl methyl sites for hydroxylation is 1. The summed E-state index contributed by atoms with van der Waals surface area (Å²) >= 11 is 0. The highest BCUT2D eigenvalue weighted by Crippen LogP contribution is 2.37. The Morgan fingerprint density at radius 1 is 0.345 bits per heavy atom. The van der Waals surface area contributed by atoms with Crippen molar-refractivity contribution in [3.63, 3.8) is 0 Å². The summed E-state index contributed by atoms with van der Waals surface area (Å²) in [7, 11) is 0. The van der Waals surface area contributed by atoms with Crippen molar-refractivity contribution < 1.29 is 0 Å². The maximum absolute atomic E-state index is 5.32. The van der Waals surface area contributed by atoms with E-state index in [0.29, 0.717) is 5.82 Å². The number of benzene rings is 6. The SMILES string of the molecule is Cc1ccc2ccc3c(-c4ccccc4)cc(-c4cccc(-c5nc(-c6ccccc6)cc(-c6cccc(-c7cccc8cccnc78)c6)n5)c4)nc3c2n1. The molecule has 0 atom stereocenters. The molecule has 0 N–H and O–H groups in total. The summed E-state index contributed by atoms with van der Waals surface area (Å²) < 4.78 is 0. The highest BCUT2D eigenvalue weighted by Gasteiger charge is 2.16. The van der Waals surface area contributed by atoms with Gasteiger partial charge in [0.05, 0.1) is 33.6 Å². The van der Waals surface area contributed by atoms with Gasteiger partial charge in [-0.25, -0.2) is 15.0 Å². The Morgan fingerprint density at radius 3 is 1.75 bits per heavy atom. The second kappa shape index (κ2) is 13.6. The van der Waals surface area contributed by atoms with Crippen LogP contribution >= 0.6 is 0 Å². The molecule has 0 amide bonds. The topological polar surface area (TPSA) is 64.5 Å². The molecule has 6 aromatic carbocycles. The standard InChI is InChI=1S/C50H33N5/c1-32-23-24-36-25-26-42-43(33-12-4-2-5-13-33)30-44(53-49(42)48(36)52-32)39-19-9-20-40(29-39)50-54-45(34-14-6-3-7-15-34)31-46(55-50)38-18-8-17-37(28-38)41-22-10-16-35-21-11-27-51-47(35)41/h2-31H,1H3. The van der Waals surface area contributed by atoms with Crippen LogP contribution in [0.2, 0.25) is 0 Å². The van der Waals surface area contributed by atoms with Crippen molar-refractivity contribution in [2.75, 3.05) is 0 Å². The van der Waals surface area contributed by atoms with Crippen LogP contribution < -0.4 is 0 Å². The lowest BCUT2D eigenvalue weighted by atomic mass is 9.96. The molecule has 0 saturated carbocycles. The second-order valence-corrected chi connectivity index (χ2v) is 13.8. The second-order valence-electron chi connectivity index (χ2n) is 13.8. The zero-order valence-electron chi connectivity index (χ0n) is 30.1. The van der Waals surface area contributed by atoms with Gasteiger partial charge in [-0.3, -0.25) is 9.97 Å². The van der Waals surface area contributed by atoms with Gasteiger partial charge in [-0.2, -0.15) is 0 Å². The van der Waals surface area contributed by atoms with E-state index in [9.17, 15) is 0 Å². The van der Waals surface area contributed by atoms with Gasteiger partial charge in [-0.1, -0.05) is 140 Å². The van der Waals surface area contributed by atoms with Crippen LogP contribution in [0.1, 0.15) is 5.69 Å². The molecule has 258 valence electrons. The van der Waals surface area contributed by atoms with Crippen LogP contribution in [0, 0.1) is 6.92 Å². The number of fused-ring (bicyclic) bond motifs is 4. The van der Waals surface area contributed by atoms with E-state index >= 15 is 0 Å². The van der Waals surface area contributed by atoms with E-state index in [-0.39, 0.29) is 0 Å². The third-order valence-corrected chi connectivity index (χ3v) is 10.2. The predicted octanol–water partition coefficient (Wildman–Crippen LogP) is 12.4. The molecule has 0 bridgehead atoms. The highest BCUT2D eigenvalue weighted by atomic mass is 14.9. The molecular weight excluding hydrogens is 671 g/mol. The third-order valence-electron chi connectivity index (χ3n) is 10.2. The summed E-state index contributed by atoms with van der Waals surface area (Å²) in [6.07, 6.45) is 1.85. The van der Waals surface area contributed by atoms with Gasteiger partial charge in [0.25, 0.3) is 0 Å². The van der Waals surface area contributed by atoms with Crippen LogP contribution in [0.25, 0.3) is 100 Å². The van der Waals surface area contributed by atoms with Gasteiger partial charge in [-0.15, -0.1) is 0 Å². The van der Waals surface area contributed by atoms with Crippen molar-refractivity contribution >= 4 is 32.7 Å². The number of nitrogens with zero attached hydrogens (tertiary/aromatic N) is 5. The van der Waals surface area contributed by atoms with Crippen molar-refractivity contribution in [1.82, 2.24) is 24.9 Å². The van der Waals surface area contributed by atoms with Crippen LogP contribution in [-0.2, 0) is 0 Å². The van der Waals surface area contributed by atoms with E-state index in [1.165, 1.54) is 0 Å². The molecule has 0 aliphatic carbocycles. The molecule has 0 saturated heterocycles. The van der Waals surface area contributed by atoms with Crippen LogP contribution in [0.5, 0.6) is 0 Å². The minimum Gasteiger partial charge on any atom is -0.256 e. The van der Waals surface area contributed by atoms with E-state index in [2.05, 4.69) is 146 Å². The normalized spacial score (nSPS) is 11.4. The van der Waals surface area contributed by atoms with Gasteiger partial charge in [-0.05, 0) is 60.0 Å². The fourth-order valence-electron chi connectivity index (χ4n) is 7.46. The average molecular weight is 704 g/mol. The zero-order valence-corrected chi connectivity index (χ0v) is 30.1. The largest absolute Gasteiger partial charge is 0.256 e. The minimum absolute atomic E-state index is 0.641. The Bertz CT molecular complexity index is 3040. The highest BCUT2D eigenvalue weighted by molar-refractivity contribution is 6.09. The van der Waals surface area contributed by atoms with Crippen LogP contribution in [0.4, 0.5) is 0 Å². The first kappa shape index (κ1) is 32.3. The molecule has 4 aromatic heterocycles. The summed E-state index contributed by atoms with van der Waals surface area (Å²) in [5.74, 6) is 0.641. The van der Waals surface area contributed by atoms with E-state index in [4.69, 9.17) is 24.9 Å². The van der Waals surface area contributed by atoms with Gasteiger partial charge < -0.3 is 0 Å². The number of hydrogen-bond acceptors (Lipinski definition) is 5. The molecule has 5 heteroatoms. The summed E-state index contributed by atoms with van der Waals surface area (Å²) in [5, 5.41) is 3.24. The van der Waals surface area contributed by atoms with Gasteiger partial charge in [0.15, 0.2) is 5.82 Å². The molecule has 0 aliphatic rings. The molecule has 0 unspecified atom stereocenters. The Kier molecular flexibility index (Phi) is 7.96. The molecule has 10 rings (SSSR count). The number of para-hydroxylation sites is 1. The van der Waals surface area contributed by atoms with Gasteiger partial charge >= 0.3 is 0 Å². The van der Waals surface area contributed by atoms with Crippen molar-refractivity contribution in [2.45, 2.75) is 6.92 Å². The van der Waals surface area contributed by atoms with Gasteiger partial charge in [0.2, 0.25) is 0 Å². The minimum atomic E-state index is 0.641. The Hall–Kier alpha value is -7.37. The van der Waals surface area contributed by atoms with Gasteiger partial charge in [0, 0.05) is 55.9 Å². The third kappa shape index (κ3) is 6.08. The lowest BCUT2D eigenvalue weighted by Gasteiger charge is -2.14. The van der Waals surface area contributed by atoms with Crippen LogP contribution in [-0.4, -0.2) is 24.9 Å². The number of hydrogen-bond donors (Lipinski definition) is 0.